The Hall–Kier alpha value is -2.62. The van der Waals surface area contributed by atoms with Crippen molar-refractivity contribution >= 4 is 21.0 Å². The number of hydrogen-bond acceptors (Lipinski definition) is 4. The Morgan fingerprint density at radius 2 is 1.96 bits per heavy atom. The second-order valence-corrected chi connectivity index (χ2v) is 8.25. The van der Waals surface area contributed by atoms with Crippen LogP contribution in [0.25, 0.3) is 10.9 Å². The smallest absolute Gasteiger partial charge is 0.297 e. The molecule has 0 saturated heterocycles. The zero-order chi connectivity index (χ0) is 18.3. The van der Waals surface area contributed by atoms with Crippen molar-refractivity contribution in [1.82, 2.24) is 4.98 Å². The number of hydrogen-bond donors (Lipinski definition) is 1. The Bertz CT molecular complexity index is 1120. The molecule has 0 radical (unpaired) electrons. The third kappa shape index (κ3) is 3.00. The van der Waals surface area contributed by atoms with E-state index in [1.165, 1.54) is 0 Å². The maximum atomic E-state index is 12.6. The Labute approximate surface area is 152 Å². The predicted octanol–water partition coefficient (Wildman–Crippen LogP) is 3.61. The molecular weight excluding hydrogens is 348 g/mol. The molecule has 3 aromatic rings. The van der Waals surface area contributed by atoms with Crippen LogP contribution in [0.3, 0.4) is 0 Å². The number of rotatable bonds is 3. The van der Waals surface area contributed by atoms with Gasteiger partial charge in [0.15, 0.2) is 0 Å². The number of aromatic nitrogens is 1. The summed E-state index contributed by atoms with van der Waals surface area (Å²) < 4.78 is 30.6. The molecule has 1 aliphatic rings. The highest BCUT2D eigenvalue weighted by Gasteiger charge is 2.28. The zero-order valence-corrected chi connectivity index (χ0v) is 15.1. The van der Waals surface area contributed by atoms with Crippen LogP contribution in [0.2, 0.25) is 0 Å². The summed E-state index contributed by atoms with van der Waals surface area (Å²) in [5.74, 6) is 0. The molecule has 1 atom stereocenters. The standard InChI is InChI=1S/C20H18N2O3S/c1-13-2-6-16(7-3-13)26(23,24)25-15-5-9-20-18(11-15)17-10-14(12-21)4-8-19(17)22-20/h2-4,6-8,10,15,22H,5,9,11H2,1H3/t15-/m0/s1. The molecule has 0 aliphatic heterocycles. The topological polar surface area (TPSA) is 83.0 Å². The third-order valence-electron chi connectivity index (χ3n) is 4.84. The highest BCUT2D eigenvalue weighted by molar-refractivity contribution is 7.86. The van der Waals surface area contributed by atoms with E-state index in [9.17, 15) is 8.42 Å². The normalized spacial score (nSPS) is 17.0. The average Bonchev–Trinajstić information content (AvgIpc) is 2.99. The minimum Gasteiger partial charge on any atom is -0.358 e. The lowest BCUT2D eigenvalue weighted by Crippen LogP contribution is -2.25. The highest BCUT2D eigenvalue weighted by atomic mass is 32.2. The molecule has 0 saturated carbocycles. The monoisotopic (exact) mass is 366 g/mol. The third-order valence-corrected chi connectivity index (χ3v) is 6.22. The zero-order valence-electron chi connectivity index (χ0n) is 14.3. The van der Waals surface area contributed by atoms with Crippen molar-refractivity contribution in [3.8, 4) is 6.07 Å². The van der Waals surface area contributed by atoms with E-state index >= 15 is 0 Å². The Morgan fingerprint density at radius 1 is 1.19 bits per heavy atom. The highest BCUT2D eigenvalue weighted by Crippen LogP contribution is 2.32. The molecule has 0 bridgehead atoms. The molecule has 0 fully saturated rings. The van der Waals surface area contributed by atoms with Gasteiger partial charge in [0.1, 0.15) is 0 Å². The van der Waals surface area contributed by atoms with Gasteiger partial charge in [0.25, 0.3) is 10.1 Å². The van der Waals surface area contributed by atoms with Crippen LogP contribution in [0.1, 0.15) is 28.8 Å². The van der Waals surface area contributed by atoms with Crippen molar-refractivity contribution in [3.05, 3.63) is 64.8 Å². The van der Waals surface area contributed by atoms with Crippen molar-refractivity contribution in [2.75, 3.05) is 0 Å². The SMILES string of the molecule is Cc1ccc(S(=O)(=O)O[C@H]2CCc3[nH]c4ccc(C#N)cc4c3C2)cc1. The van der Waals surface area contributed by atoms with Crippen LogP contribution < -0.4 is 0 Å². The fourth-order valence-corrected chi connectivity index (χ4v) is 4.58. The van der Waals surface area contributed by atoms with E-state index in [4.69, 9.17) is 9.44 Å². The maximum absolute atomic E-state index is 12.6. The Morgan fingerprint density at radius 3 is 2.69 bits per heavy atom. The van der Waals surface area contributed by atoms with E-state index in [2.05, 4.69) is 11.1 Å². The maximum Gasteiger partial charge on any atom is 0.297 e. The lowest BCUT2D eigenvalue weighted by molar-refractivity contribution is 0.192. The second-order valence-electron chi connectivity index (χ2n) is 6.68. The van der Waals surface area contributed by atoms with Crippen molar-refractivity contribution < 1.29 is 12.6 Å². The Kier molecular flexibility index (Phi) is 4.06. The van der Waals surface area contributed by atoms with Crippen molar-refractivity contribution in [1.29, 1.82) is 5.26 Å². The van der Waals surface area contributed by atoms with Crippen LogP contribution in [-0.4, -0.2) is 19.5 Å². The van der Waals surface area contributed by atoms with Crippen LogP contribution in [-0.2, 0) is 27.1 Å². The molecule has 5 nitrogen and oxygen atoms in total. The largest absolute Gasteiger partial charge is 0.358 e. The summed E-state index contributed by atoms with van der Waals surface area (Å²) in [6.07, 6.45) is 1.46. The first-order valence-corrected chi connectivity index (χ1v) is 9.90. The number of nitrogens with one attached hydrogen (secondary N) is 1. The van der Waals surface area contributed by atoms with Crippen molar-refractivity contribution in [2.45, 2.75) is 37.2 Å². The fraction of sp³-hybridized carbons (Fsp3) is 0.250. The van der Waals surface area contributed by atoms with Gasteiger partial charge in [-0.05, 0) is 55.7 Å². The summed E-state index contributed by atoms with van der Waals surface area (Å²) in [5.41, 5.74) is 4.71. The van der Waals surface area contributed by atoms with Crippen LogP contribution in [0, 0.1) is 18.3 Å². The summed E-state index contributed by atoms with van der Waals surface area (Å²) in [5, 5.41) is 10.1. The van der Waals surface area contributed by atoms with Crippen LogP contribution in [0.5, 0.6) is 0 Å². The molecule has 1 heterocycles. The molecule has 1 aliphatic carbocycles. The molecule has 0 spiro atoms. The molecule has 4 rings (SSSR count). The number of aryl methyl sites for hydroxylation is 2. The van der Waals surface area contributed by atoms with Gasteiger partial charge in [-0.2, -0.15) is 13.7 Å². The predicted molar refractivity (Wildman–Crippen MR) is 98.3 cm³/mol. The van der Waals surface area contributed by atoms with E-state index in [-0.39, 0.29) is 4.90 Å². The van der Waals surface area contributed by atoms with Gasteiger partial charge in [-0.25, -0.2) is 0 Å². The molecule has 0 amide bonds. The van der Waals surface area contributed by atoms with Gasteiger partial charge < -0.3 is 4.98 Å². The molecule has 132 valence electrons. The first kappa shape index (κ1) is 16.8. The van der Waals surface area contributed by atoms with Gasteiger partial charge in [0.2, 0.25) is 0 Å². The van der Waals surface area contributed by atoms with Crippen molar-refractivity contribution in [3.63, 3.8) is 0 Å². The summed E-state index contributed by atoms with van der Waals surface area (Å²) in [7, 11) is -3.79. The minimum absolute atomic E-state index is 0.180. The second kappa shape index (κ2) is 6.27. The number of nitriles is 1. The van der Waals surface area contributed by atoms with Crippen LogP contribution in [0.4, 0.5) is 0 Å². The van der Waals surface area contributed by atoms with Gasteiger partial charge in [-0.3, -0.25) is 4.18 Å². The van der Waals surface area contributed by atoms with Gasteiger partial charge in [-0.15, -0.1) is 0 Å². The number of aromatic amines is 1. The number of H-pyrrole nitrogens is 1. The molecule has 2 aromatic carbocycles. The van der Waals surface area contributed by atoms with Gasteiger partial charge in [0.05, 0.1) is 22.6 Å². The molecule has 0 unspecified atom stereocenters. The van der Waals surface area contributed by atoms with E-state index in [0.717, 1.165) is 34.1 Å². The first-order valence-electron chi connectivity index (χ1n) is 8.50. The fourth-order valence-electron chi connectivity index (χ4n) is 3.48. The molecule has 6 heteroatoms. The minimum atomic E-state index is -3.79. The van der Waals surface area contributed by atoms with Gasteiger partial charge in [-0.1, -0.05) is 17.7 Å². The number of benzene rings is 2. The average molecular weight is 366 g/mol. The van der Waals surface area contributed by atoms with Crippen LogP contribution in [0.15, 0.2) is 47.4 Å². The van der Waals surface area contributed by atoms with E-state index in [1.54, 1.807) is 30.3 Å². The summed E-state index contributed by atoms with van der Waals surface area (Å²) in [6.45, 7) is 1.91. The van der Waals surface area contributed by atoms with Crippen molar-refractivity contribution in [2.24, 2.45) is 0 Å². The Balaban J connectivity index is 1.62. The van der Waals surface area contributed by atoms with Crippen LogP contribution >= 0.6 is 0 Å². The molecule has 26 heavy (non-hydrogen) atoms. The molecule has 1 N–H and O–H groups in total. The number of fused-ring (bicyclic) bond motifs is 3. The van der Waals surface area contributed by atoms with E-state index in [0.29, 0.717) is 18.4 Å². The first-order chi connectivity index (χ1) is 12.5. The summed E-state index contributed by atoms with van der Waals surface area (Å²) in [4.78, 5) is 3.55. The lowest BCUT2D eigenvalue weighted by Gasteiger charge is -2.22. The number of nitrogens with zero attached hydrogens (tertiary/aromatic N) is 1. The summed E-state index contributed by atoms with van der Waals surface area (Å²) in [6, 6.07) is 14.3. The van der Waals surface area contributed by atoms with E-state index in [1.807, 2.05) is 19.1 Å². The van der Waals surface area contributed by atoms with Gasteiger partial charge in [0, 0.05) is 23.0 Å². The molecular formula is C20H18N2O3S. The summed E-state index contributed by atoms with van der Waals surface area (Å²) >= 11 is 0. The quantitative estimate of drug-likeness (QED) is 0.718. The van der Waals surface area contributed by atoms with E-state index < -0.39 is 16.2 Å². The van der Waals surface area contributed by atoms with Gasteiger partial charge >= 0.3 is 0 Å². The molecule has 1 aromatic heterocycles. The lowest BCUT2D eigenvalue weighted by atomic mass is 9.93.